The summed E-state index contributed by atoms with van der Waals surface area (Å²) < 4.78 is 51.7. The molecule has 1 fully saturated rings. The first-order valence-corrected chi connectivity index (χ1v) is 11.0. The highest BCUT2D eigenvalue weighted by atomic mass is 32.2. The number of rotatable bonds is 6. The molecule has 2 aromatic carbocycles. The van der Waals surface area contributed by atoms with Crippen LogP contribution in [0.5, 0.6) is 11.5 Å². The number of hydrogen-bond donors (Lipinski definition) is 1. The number of sulfonamides is 1. The van der Waals surface area contributed by atoms with Gasteiger partial charge in [-0.25, -0.2) is 12.8 Å². The summed E-state index contributed by atoms with van der Waals surface area (Å²) >= 11 is 0. The highest BCUT2D eigenvalue weighted by molar-refractivity contribution is 7.89. The van der Waals surface area contributed by atoms with Crippen LogP contribution in [0.2, 0.25) is 0 Å². The van der Waals surface area contributed by atoms with Gasteiger partial charge in [-0.15, -0.1) is 0 Å². The molecule has 0 bridgehead atoms. The van der Waals surface area contributed by atoms with Gasteiger partial charge in [-0.05, 0) is 49.6 Å². The minimum Gasteiger partial charge on any atom is -0.497 e. The Morgan fingerprint density at radius 3 is 2.63 bits per heavy atom. The summed E-state index contributed by atoms with van der Waals surface area (Å²) in [6.45, 7) is 2.09. The molecule has 0 saturated carbocycles. The Labute approximate surface area is 175 Å². The van der Waals surface area contributed by atoms with Gasteiger partial charge in [0.05, 0.1) is 20.1 Å². The zero-order valence-electron chi connectivity index (χ0n) is 17.1. The highest BCUT2D eigenvalue weighted by Crippen LogP contribution is 2.33. The first-order valence-electron chi connectivity index (χ1n) is 9.55. The van der Waals surface area contributed by atoms with E-state index in [-0.39, 0.29) is 23.1 Å². The number of aryl methyl sites for hydroxylation is 1. The van der Waals surface area contributed by atoms with E-state index in [4.69, 9.17) is 9.47 Å². The molecule has 0 aliphatic carbocycles. The highest BCUT2D eigenvalue weighted by Gasteiger charge is 2.35. The quantitative estimate of drug-likeness (QED) is 0.752. The molecule has 0 radical (unpaired) electrons. The number of halogens is 1. The molecular formula is C21H25FN2O5S. The second kappa shape index (κ2) is 9.01. The molecular weight excluding hydrogens is 411 g/mol. The van der Waals surface area contributed by atoms with Crippen LogP contribution in [-0.2, 0) is 14.8 Å². The van der Waals surface area contributed by atoms with Crippen LogP contribution in [0.4, 0.5) is 10.1 Å². The maximum absolute atomic E-state index is 13.5. The minimum atomic E-state index is -3.90. The van der Waals surface area contributed by atoms with Crippen LogP contribution in [0.1, 0.15) is 18.4 Å². The van der Waals surface area contributed by atoms with Gasteiger partial charge >= 0.3 is 0 Å². The maximum Gasteiger partial charge on any atom is 0.246 e. The van der Waals surface area contributed by atoms with Crippen molar-refractivity contribution in [2.45, 2.75) is 24.7 Å². The maximum atomic E-state index is 13.5. The molecule has 1 heterocycles. The van der Waals surface area contributed by atoms with Crippen molar-refractivity contribution >= 4 is 21.6 Å². The van der Waals surface area contributed by atoms with Crippen LogP contribution >= 0.6 is 0 Å². The second-order valence-electron chi connectivity index (χ2n) is 7.17. The largest absolute Gasteiger partial charge is 0.497 e. The van der Waals surface area contributed by atoms with Crippen molar-refractivity contribution < 1.29 is 27.1 Å². The number of anilines is 1. The van der Waals surface area contributed by atoms with Crippen molar-refractivity contribution in [3.05, 3.63) is 47.8 Å². The van der Waals surface area contributed by atoms with E-state index in [2.05, 4.69) is 5.32 Å². The zero-order valence-corrected chi connectivity index (χ0v) is 18.0. The van der Waals surface area contributed by atoms with Gasteiger partial charge in [-0.2, -0.15) is 4.31 Å². The van der Waals surface area contributed by atoms with Crippen LogP contribution in [-0.4, -0.2) is 45.9 Å². The standard InChI is InChI=1S/C21H25FN2O5S/c1-14-6-7-16(22)11-18(14)23-21(25)15-5-4-10-24(13-15)30(26,27)20-12-17(28-2)8-9-19(20)29-3/h6-9,11-12,15H,4-5,10,13H2,1-3H3,(H,23,25)/t15-/m1/s1. The molecule has 0 aromatic heterocycles. The first kappa shape index (κ1) is 22.0. The number of carbonyl (C=O) groups excluding carboxylic acids is 1. The van der Waals surface area contributed by atoms with Crippen molar-refractivity contribution in [1.82, 2.24) is 4.31 Å². The SMILES string of the molecule is COc1ccc(OC)c(S(=O)(=O)N2CCC[C@@H](C(=O)Nc3cc(F)ccc3C)C2)c1. The minimum absolute atomic E-state index is 0.00798. The lowest BCUT2D eigenvalue weighted by Gasteiger charge is -2.31. The Hall–Kier alpha value is -2.65. The third-order valence-electron chi connectivity index (χ3n) is 5.20. The number of benzene rings is 2. The fourth-order valence-electron chi connectivity index (χ4n) is 3.46. The van der Waals surface area contributed by atoms with E-state index < -0.39 is 21.8 Å². The molecule has 1 atom stereocenters. The lowest BCUT2D eigenvalue weighted by Crippen LogP contribution is -2.43. The predicted molar refractivity (Wildman–Crippen MR) is 111 cm³/mol. The molecule has 1 N–H and O–H groups in total. The number of amides is 1. The lowest BCUT2D eigenvalue weighted by atomic mass is 9.98. The first-order chi connectivity index (χ1) is 14.3. The smallest absolute Gasteiger partial charge is 0.246 e. The number of hydrogen-bond acceptors (Lipinski definition) is 5. The summed E-state index contributed by atoms with van der Waals surface area (Å²) in [6, 6.07) is 8.72. The molecule has 7 nitrogen and oxygen atoms in total. The molecule has 2 aromatic rings. The summed E-state index contributed by atoms with van der Waals surface area (Å²) in [7, 11) is -1.05. The van der Waals surface area contributed by atoms with Crippen LogP contribution in [0.3, 0.4) is 0 Å². The van der Waals surface area contributed by atoms with Crippen LogP contribution in [0.25, 0.3) is 0 Å². The Kier molecular flexibility index (Phi) is 6.62. The monoisotopic (exact) mass is 436 g/mol. The van der Waals surface area contributed by atoms with Crippen molar-refractivity contribution in [1.29, 1.82) is 0 Å². The van der Waals surface area contributed by atoms with Gasteiger partial charge in [0.15, 0.2) is 0 Å². The molecule has 162 valence electrons. The van der Waals surface area contributed by atoms with Gasteiger partial charge in [0.2, 0.25) is 15.9 Å². The molecule has 0 unspecified atom stereocenters. The second-order valence-corrected chi connectivity index (χ2v) is 9.07. The van der Waals surface area contributed by atoms with E-state index in [1.807, 2.05) is 0 Å². The molecule has 30 heavy (non-hydrogen) atoms. The van der Waals surface area contributed by atoms with Crippen LogP contribution < -0.4 is 14.8 Å². The van der Waals surface area contributed by atoms with Gasteiger partial charge in [-0.3, -0.25) is 4.79 Å². The molecule has 9 heteroatoms. The zero-order chi connectivity index (χ0) is 21.9. The molecule has 1 amide bonds. The summed E-state index contributed by atoms with van der Waals surface area (Å²) in [4.78, 5) is 12.8. The third kappa shape index (κ3) is 4.57. The number of piperidine rings is 1. The Morgan fingerprint density at radius 2 is 1.93 bits per heavy atom. The van der Waals surface area contributed by atoms with Gasteiger partial charge < -0.3 is 14.8 Å². The molecule has 1 aliphatic rings. The molecule has 1 saturated heterocycles. The molecule has 0 spiro atoms. The summed E-state index contributed by atoms with van der Waals surface area (Å²) in [5.41, 5.74) is 1.11. The van der Waals surface area contributed by atoms with Crippen LogP contribution in [0.15, 0.2) is 41.3 Å². The van der Waals surface area contributed by atoms with Gasteiger partial charge in [0.1, 0.15) is 22.2 Å². The Morgan fingerprint density at radius 1 is 1.17 bits per heavy atom. The fraction of sp³-hybridized carbons (Fsp3) is 0.381. The predicted octanol–water partition coefficient (Wildman–Crippen LogP) is 3.19. The third-order valence-corrected chi connectivity index (χ3v) is 7.09. The topological polar surface area (TPSA) is 84.9 Å². The number of carbonyl (C=O) groups is 1. The Balaban J connectivity index is 1.81. The van der Waals surface area contributed by atoms with E-state index in [0.717, 1.165) is 5.56 Å². The van der Waals surface area contributed by atoms with E-state index >= 15 is 0 Å². The van der Waals surface area contributed by atoms with Crippen molar-refractivity contribution in [3.8, 4) is 11.5 Å². The van der Waals surface area contributed by atoms with Gasteiger partial charge in [0, 0.05) is 24.8 Å². The molecule has 3 rings (SSSR count). The average molecular weight is 437 g/mol. The summed E-state index contributed by atoms with van der Waals surface area (Å²) in [5, 5.41) is 2.73. The number of nitrogens with one attached hydrogen (secondary N) is 1. The van der Waals surface area contributed by atoms with Crippen LogP contribution in [0, 0.1) is 18.7 Å². The summed E-state index contributed by atoms with van der Waals surface area (Å²) in [6.07, 6.45) is 1.08. The van der Waals surface area contributed by atoms with E-state index in [0.29, 0.717) is 30.8 Å². The number of ether oxygens (including phenoxy) is 2. The van der Waals surface area contributed by atoms with Gasteiger partial charge in [-0.1, -0.05) is 6.07 Å². The lowest BCUT2D eigenvalue weighted by molar-refractivity contribution is -0.120. The average Bonchev–Trinajstić information content (AvgIpc) is 2.75. The number of methoxy groups -OCH3 is 2. The molecule has 1 aliphatic heterocycles. The van der Waals surface area contributed by atoms with E-state index in [1.165, 1.54) is 42.8 Å². The van der Waals surface area contributed by atoms with Crippen molar-refractivity contribution in [2.24, 2.45) is 5.92 Å². The van der Waals surface area contributed by atoms with E-state index in [9.17, 15) is 17.6 Å². The van der Waals surface area contributed by atoms with E-state index in [1.54, 1.807) is 19.1 Å². The van der Waals surface area contributed by atoms with Crippen molar-refractivity contribution in [2.75, 3.05) is 32.6 Å². The van der Waals surface area contributed by atoms with Gasteiger partial charge in [0.25, 0.3) is 0 Å². The Bertz CT molecular complexity index is 1040. The number of nitrogens with zero attached hydrogens (tertiary/aromatic N) is 1. The van der Waals surface area contributed by atoms with Crippen molar-refractivity contribution in [3.63, 3.8) is 0 Å². The fourth-order valence-corrected chi connectivity index (χ4v) is 5.16. The normalized spacial score (nSPS) is 17.4. The summed E-state index contributed by atoms with van der Waals surface area (Å²) in [5.74, 6) is -0.733.